The normalized spacial score (nSPS) is 22.4. The number of nitrogens with zero attached hydrogens (tertiary/aromatic N) is 3. The molecule has 1 aliphatic rings. The summed E-state index contributed by atoms with van der Waals surface area (Å²) in [7, 11) is 1.48. The molecular formula is C19H27N4O9PS. The Morgan fingerprint density at radius 1 is 1.21 bits per heavy atom. The molecule has 13 nitrogen and oxygen atoms in total. The third-order valence-electron chi connectivity index (χ3n) is 4.65. The van der Waals surface area contributed by atoms with Gasteiger partial charge in [0, 0.05) is 24.6 Å². The Bertz CT molecular complexity index is 1030. The van der Waals surface area contributed by atoms with Crippen LogP contribution in [0.25, 0.3) is 0 Å². The van der Waals surface area contributed by atoms with E-state index in [0.717, 1.165) is 15.9 Å². The van der Waals surface area contributed by atoms with Gasteiger partial charge in [-0.05, 0) is 18.3 Å². The Hall–Kier alpha value is -2.00. The summed E-state index contributed by atoms with van der Waals surface area (Å²) >= 11 is 0.745. The summed E-state index contributed by atoms with van der Waals surface area (Å²) < 4.78 is 41.2. The third kappa shape index (κ3) is 7.77. The van der Waals surface area contributed by atoms with Gasteiger partial charge in [0.05, 0.1) is 57.5 Å². The van der Waals surface area contributed by atoms with E-state index in [1.807, 2.05) is 12.1 Å². The van der Waals surface area contributed by atoms with Crippen LogP contribution in [0.5, 0.6) is 0 Å². The van der Waals surface area contributed by atoms with E-state index in [2.05, 4.69) is 4.98 Å². The topological polar surface area (TPSA) is 186 Å². The molecule has 0 spiro atoms. The first kappa shape index (κ1) is 28.2. The van der Waals surface area contributed by atoms with Crippen LogP contribution in [-0.2, 0) is 27.8 Å². The van der Waals surface area contributed by atoms with Gasteiger partial charge in [-0.1, -0.05) is 0 Å². The van der Waals surface area contributed by atoms with E-state index in [9.17, 15) is 19.3 Å². The lowest BCUT2D eigenvalue weighted by atomic mass is 10.1. The molecule has 188 valence electrons. The van der Waals surface area contributed by atoms with Crippen molar-refractivity contribution in [1.82, 2.24) is 9.55 Å². The maximum Gasteiger partial charge on any atom is 0.389 e. The Morgan fingerprint density at radius 2 is 1.85 bits per heavy atom. The molecule has 0 bridgehead atoms. The van der Waals surface area contributed by atoms with Crippen LogP contribution in [-0.4, -0.2) is 72.3 Å². The molecule has 0 amide bonds. The number of H-pyrrole nitrogens is 1. The van der Waals surface area contributed by atoms with E-state index in [4.69, 9.17) is 33.8 Å². The van der Waals surface area contributed by atoms with Crippen LogP contribution in [0.15, 0.2) is 15.8 Å². The minimum absolute atomic E-state index is 0.0132. The first-order valence-electron chi connectivity index (χ1n) is 10.3. The second-order valence-electron chi connectivity index (χ2n) is 7.09. The summed E-state index contributed by atoms with van der Waals surface area (Å²) in [6.45, 7) is -2.21. The lowest BCUT2D eigenvalue weighted by Gasteiger charge is -2.22. The van der Waals surface area contributed by atoms with Gasteiger partial charge in [-0.3, -0.25) is 23.4 Å². The van der Waals surface area contributed by atoms with Crippen LogP contribution in [0.4, 0.5) is 0 Å². The summed E-state index contributed by atoms with van der Waals surface area (Å²) in [5.74, 6) is -0.0741. The standard InChI is InChI=1S/C19H27N4O9PS/c1-13-11-23(19(26)22-17(13)25)18-16(29-10-9-28-2)15(24)14(32-18)12-34-33(27,30-7-3-5-20)31-8-4-6-21/h11,14-16,18,24H,3-4,7-10,12H2,1-2H3,(H,22,25,26). The second kappa shape index (κ2) is 13.8. The Balaban J connectivity index is 2.21. The molecule has 1 aromatic rings. The number of hydrogen-bond acceptors (Lipinski definition) is 12. The first-order valence-corrected chi connectivity index (χ1v) is 13.4. The largest absolute Gasteiger partial charge is 0.389 e. The Labute approximate surface area is 199 Å². The molecule has 0 saturated carbocycles. The van der Waals surface area contributed by atoms with Crippen LogP contribution in [0.3, 0.4) is 0 Å². The third-order valence-corrected chi connectivity index (χ3v) is 8.47. The van der Waals surface area contributed by atoms with Gasteiger partial charge in [-0.2, -0.15) is 10.5 Å². The lowest BCUT2D eigenvalue weighted by molar-refractivity contribution is -0.0789. The number of aliphatic hydroxyl groups is 1. The minimum atomic E-state index is -3.77. The number of aromatic nitrogens is 2. The predicted molar refractivity (Wildman–Crippen MR) is 120 cm³/mol. The highest BCUT2D eigenvalue weighted by molar-refractivity contribution is 8.55. The van der Waals surface area contributed by atoms with Crippen molar-refractivity contribution in [3.63, 3.8) is 0 Å². The van der Waals surface area contributed by atoms with Gasteiger partial charge in [-0.15, -0.1) is 0 Å². The van der Waals surface area contributed by atoms with E-state index < -0.39 is 42.6 Å². The zero-order valence-corrected chi connectivity index (χ0v) is 20.5. The molecule has 1 saturated heterocycles. The molecule has 34 heavy (non-hydrogen) atoms. The van der Waals surface area contributed by atoms with Gasteiger partial charge in [0.15, 0.2) is 6.23 Å². The molecular weight excluding hydrogens is 491 g/mol. The number of nitrogens with one attached hydrogen (secondary N) is 1. The van der Waals surface area contributed by atoms with Gasteiger partial charge < -0.3 is 19.3 Å². The van der Waals surface area contributed by atoms with Gasteiger partial charge in [-0.25, -0.2) is 9.36 Å². The van der Waals surface area contributed by atoms with Gasteiger partial charge in [0.2, 0.25) is 0 Å². The summed E-state index contributed by atoms with van der Waals surface area (Å²) in [6, 6.07) is 3.73. The molecule has 0 aromatic carbocycles. The summed E-state index contributed by atoms with van der Waals surface area (Å²) in [4.78, 5) is 26.3. The maximum atomic E-state index is 13.0. The number of aryl methyl sites for hydroxylation is 1. The number of hydrogen-bond donors (Lipinski definition) is 2. The van der Waals surface area contributed by atoms with Crippen LogP contribution in [0.2, 0.25) is 0 Å². The molecule has 1 aliphatic heterocycles. The molecule has 2 heterocycles. The molecule has 2 N–H and O–H groups in total. The van der Waals surface area contributed by atoms with E-state index >= 15 is 0 Å². The van der Waals surface area contributed by atoms with Gasteiger partial charge >= 0.3 is 12.5 Å². The predicted octanol–water partition coefficient (Wildman–Crippen LogP) is 0.837. The lowest BCUT2D eigenvalue weighted by Crippen LogP contribution is -2.40. The average Bonchev–Trinajstić information content (AvgIpc) is 3.11. The molecule has 1 aromatic heterocycles. The molecule has 1 fully saturated rings. The summed E-state index contributed by atoms with van der Waals surface area (Å²) in [5.41, 5.74) is -1.03. The van der Waals surface area contributed by atoms with Gasteiger partial charge in [0.1, 0.15) is 12.2 Å². The highest BCUT2D eigenvalue weighted by Crippen LogP contribution is 2.61. The van der Waals surface area contributed by atoms with Crippen LogP contribution >= 0.6 is 18.2 Å². The highest BCUT2D eigenvalue weighted by Gasteiger charge is 2.47. The van der Waals surface area contributed by atoms with Crippen molar-refractivity contribution in [2.75, 3.05) is 39.3 Å². The minimum Gasteiger partial charge on any atom is -0.387 e. The number of methoxy groups -OCH3 is 1. The highest BCUT2D eigenvalue weighted by atomic mass is 32.7. The average molecular weight is 518 g/mol. The van der Waals surface area contributed by atoms with Crippen molar-refractivity contribution < 1.29 is 32.9 Å². The Morgan fingerprint density at radius 3 is 2.44 bits per heavy atom. The number of aromatic amines is 1. The monoisotopic (exact) mass is 518 g/mol. The van der Waals surface area contributed by atoms with Crippen molar-refractivity contribution in [2.24, 2.45) is 0 Å². The number of ether oxygens (including phenoxy) is 3. The number of nitriles is 2. The number of aliphatic hydroxyl groups excluding tert-OH is 1. The SMILES string of the molecule is COCCOC1C(O)C(CSP(=O)(OCCC#N)OCCC#N)OC1n1cc(C)c(=O)[nH]c1=O. The smallest absolute Gasteiger partial charge is 0.387 e. The fourth-order valence-corrected chi connectivity index (χ4v) is 6.33. The molecule has 4 atom stereocenters. The summed E-state index contributed by atoms with van der Waals surface area (Å²) in [5, 5.41) is 28.3. The van der Waals surface area contributed by atoms with E-state index in [1.54, 1.807) is 0 Å². The van der Waals surface area contributed by atoms with Crippen molar-refractivity contribution in [3.8, 4) is 12.1 Å². The second-order valence-corrected chi connectivity index (χ2v) is 11.2. The molecule has 4 unspecified atom stereocenters. The van der Waals surface area contributed by atoms with Crippen molar-refractivity contribution in [2.45, 2.75) is 44.3 Å². The zero-order chi connectivity index (χ0) is 25.1. The fraction of sp³-hybridized carbons (Fsp3) is 0.684. The van der Waals surface area contributed by atoms with E-state index in [-0.39, 0.29) is 50.6 Å². The van der Waals surface area contributed by atoms with Crippen LogP contribution in [0.1, 0.15) is 24.6 Å². The fourth-order valence-electron chi connectivity index (χ4n) is 2.99. The van der Waals surface area contributed by atoms with E-state index in [1.165, 1.54) is 20.2 Å². The van der Waals surface area contributed by atoms with Gasteiger partial charge in [0.25, 0.3) is 5.56 Å². The van der Waals surface area contributed by atoms with E-state index in [0.29, 0.717) is 0 Å². The van der Waals surface area contributed by atoms with Crippen LogP contribution < -0.4 is 11.2 Å². The Kier molecular flexibility index (Phi) is 11.4. The van der Waals surface area contributed by atoms with Crippen molar-refractivity contribution in [3.05, 3.63) is 32.6 Å². The quantitative estimate of drug-likeness (QED) is 0.261. The van der Waals surface area contributed by atoms with Crippen LogP contribution in [0, 0.1) is 29.6 Å². The maximum absolute atomic E-state index is 13.0. The molecule has 15 heteroatoms. The summed E-state index contributed by atoms with van der Waals surface area (Å²) in [6.07, 6.45) is -2.99. The zero-order valence-electron chi connectivity index (χ0n) is 18.7. The number of rotatable bonds is 14. The molecule has 2 rings (SSSR count). The van der Waals surface area contributed by atoms with Crippen molar-refractivity contribution >= 4 is 18.2 Å². The molecule has 0 aliphatic carbocycles. The molecule has 0 radical (unpaired) electrons. The first-order chi connectivity index (χ1) is 16.3. The van der Waals surface area contributed by atoms with Crippen molar-refractivity contribution in [1.29, 1.82) is 10.5 Å².